The predicted molar refractivity (Wildman–Crippen MR) is 305 cm³/mol. The molecule has 0 unspecified atom stereocenters. The first-order valence-corrected chi connectivity index (χ1v) is 32.4. The highest BCUT2D eigenvalue weighted by Gasteiger charge is 2.26. The highest BCUT2D eigenvalue weighted by Crippen LogP contribution is 2.36. The molecule has 0 aliphatic carbocycles. The van der Waals surface area contributed by atoms with E-state index in [1.54, 1.807) is 43.3 Å². The molecule has 0 fully saturated rings. The Bertz CT molecular complexity index is 4940. The molecule has 9 rings (SSSR count). The van der Waals surface area contributed by atoms with Crippen molar-refractivity contribution in [3.8, 4) is 6.01 Å². The monoisotopic (exact) mass is 1260 g/mol. The minimum absolute atomic E-state index is 0.0423. The molecule has 0 spiro atoms. The number of anilines is 6. The molecule has 9 N–H and O–H groups in total. The maximum atomic E-state index is 13.4. The van der Waals surface area contributed by atoms with E-state index in [2.05, 4.69) is 55.5 Å². The van der Waals surface area contributed by atoms with E-state index >= 15 is 0 Å². The van der Waals surface area contributed by atoms with Gasteiger partial charge in [0.2, 0.25) is 11.9 Å². The minimum Gasteiger partial charge on any atom is -0.479 e. The van der Waals surface area contributed by atoms with Gasteiger partial charge in [-0.3, -0.25) is 27.7 Å². The van der Waals surface area contributed by atoms with Gasteiger partial charge in [-0.25, -0.2) is 16.8 Å². The summed E-state index contributed by atoms with van der Waals surface area (Å²) in [6.45, 7) is 3.59. The van der Waals surface area contributed by atoms with E-state index < -0.39 is 97.5 Å². The second-order valence-corrected chi connectivity index (χ2v) is 26.8. The summed E-state index contributed by atoms with van der Waals surface area (Å²) >= 11 is 0. The van der Waals surface area contributed by atoms with Crippen LogP contribution in [0.3, 0.4) is 0 Å². The van der Waals surface area contributed by atoms with Crippen LogP contribution in [0.25, 0.3) is 21.5 Å². The average molecular weight is 1260 g/mol. The van der Waals surface area contributed by atoms with Gasteiger partial charge in [0.1, 0.15) is 19.6 Å². The van der Waals surface area contributed by atoms with Crippen LogP contribution in [0, 0.1) is 6.92 Å². The number of aromatic hydroxyl groups is 1. The zero-order chi connectivity index (χ0) is 60.7. The molecule has 0 saturated carbocycles. The number of hydrogen-bond acceptors (Lipinski definition) is 22. The molecule has 28 nitrogen and oxygen atoms in total. The molecule has 8 aromatic carbocycles. The number of sulfonamides is 2. The Kier molecular flexibility index (Phi) is 16.1. The summed E-state index contributed by atoms with van der Waals surface area (Å²) in [5.41, 5.74) is 2.71. The number of aromatic nitrogens is 3. The molecule has 434 valence electrons. The number of nitrogens with zero attached hydrogens (tertiary/aromatic N) is 7. The van der Waals surface area contributed by atoms with Crippen molar-refractivity contribution in [2.24, 2.45) is 20.5 Å². The summed E-state index contributed by atoms with van der Waals surface area (Å²) in [5.74, 6) is -0.0880. The summed E-state index contributed by atoms with van der Waals surface area (Å²) < 4.78 is 194. The summed E-state index contributed by atoms with van der Waals surface area (Å²) in [4.78, 5) is 8.59. The van der Waals surface area contributed by atoms with E-state index in [1.807, 2.05) is 6.92 Å². The Morgan fingerprint density at radius 2 is 0.821 bits per heavy atom. The molecule has 0 aliphatic heterocycles. The van der Waals surface area contributed by atoms with Crippen molar-refractivity contribution in [2.75, 3.05) is 20.1 Å². The van der Waals surface area contributed by atoms with Crippen molar-refractivity contribution in [3.05, 3.63) is 157 Å². The SMILES string of the molecule is CCc1cc(Nc2nc(O)nc(Nc3ccc(/N=N/c4ccc(S(=O)(=O)Nc5cc(S(=O)(=O)O)c6cccc(S(=O)(=O)O)c6c5)cc4)c(C)c3)n2)ccc1/N=N/c1ccc(S(=O)(=O)Nc2cc(S(=O)(=O)O)c3cccc(S(=O)(=O)O)c3c2)cc1. The lowest BCUT2D eigenvalue weighted by Gasteiger charge is -2.13. The lowest BCUT2D eigenvalue weighted by Crippen LogP contribution is -2.14. The Morgan fingerprint density at radius 3 is 1.23 bits per heavy atom. The van der Waals surface area contributed by atoms with Crippen LogP contribution in [0.4, 0.5) is 57.4 Å². The van der Waals surface area contributed by atoms with Crippen LogP contribution in [-0.4, -0.2) is 88.8 Å². The van der Waals surface area contributed by atoms with Crippen LogP contribution in [0.15, 0.2) is 195 Å². The van der Waals surface area contributed by atoms with Crippen molar-refractivity contribution in [1.82, 2.24) is 15.0 Å². The summed E-state index contributed by atoms with van der Waals surface area (Å²) in [6.07, 6.45) is 0.471. The highest BCUT2D eigenvalue weighted by molar-refractivity contribution is 7.93. The highest BCUT2D eigenvalue weighted by atomic mass is 32.2. The Hall–Kier alpha value is -8.97. The summed E-state index contributed by atoms with van der Waals surface area (Å²) in [5, 5.41) is 32.1. The van der Waals surface area contributed by atoms with Gasteiger partial charge < -0.3 is 15.7 Å². The van der Waals surface area contributed by atoms with Crippen molar-refractivity contribution in [3.63, 3.8) is 0 Å². The first kappa shape index (κ1) is 59.6. The third kappa shape index (κ3) is 13.6. The van der Waals surface area contributed by atoms with E-state index in [0.717, 1.165) is 48.5 Å². The van der Waals surface area contributed by atoms with Gasteiger partial charge in [0, 0.05) is 32.9 Å². The van der Waals surface area contributed by atoms with Gasteiger partial charge in [0.15, 0.2) is 0 Å². The summed E-state index contributed by atoms with van der Waals surface area (Å²) in [6, 6.07) is 29.5. The normalized spacial score (nSPS) is 12.7. The standard InChI is InChI=1S/C50H41N11O17S6/c1-3-29-23-33(15-21-43(29)59-57-31-12-18-37(19-13-31)80(65,66)61-35-25-41-39(47(27-35)84(76,77)78)7-5-9-45(41)82(70,71)72)52-49-53-48(54-50(62)55-49)51-32-14-20-42(28(2)22-32)58-56-30-10-16-36(17-11-30)79(63,64)60-34-24-40-38(46(26-34)83(73,74)75)6-4-8-44(40)81(67,68)69/h4-27,60-61H,3H2,1-2H3,(H,67,68,69)(H,70,71,72)(H,73,74,75)(H,76,77,78)(H3,51,52,53,54,55,62)/b58-56+,59-57+. The molecular formula is C50H41N11O17S6. The molecule has 0 saturated heterocycles. The van der Waals surface area contributed by atoms with Gasteiger partial charge in [-0.15, -0.1) is 0 Å². The zero-order valence-corrected chi connectivity index (χ0v) is 47.7. The summed E-state index contributed by atoms with van der Waals surface area (Å²) in [7, 11) is -28.8. The fraction of sp³-hybridized carbons (Fsp3) is 0.0600. The number of aryl methyl sites for hydroxylation is 2. The predicted octanol–water partition coefficient (Wildman–Crippen LogP) is 9.66. The first-order chi connectivity index (χ1) is 39.3. The number of rotatable bonds is 19. The van der Waals surface area contributed by atoms with E-state index in [1.165, 1.54) is 60.7 Å². The Labute approximate surface area is 478 Å². The van der Waals surface area contributed by atoms with E-state index in [0.29, 0.717) is 40.3 Å². The number of azo groups is 2. The number of benzene rings is 8. The quantitative estimate of drug-likeness (QED) is 0.0268. The van der Waals surface area contributed by atoms with Gasteiger partial charge in [-0.2, -0.15) is 69.1 Å². The molecule has 34 heteroatoms. The Balaban J connectivity index is 0.833. The van der Waals surface area contributed by atoms with Gasteiger partial charge in [-0.1, -0.05) is 31.2 Å². The molecule has 1 aromatic heterocycles. The van der Waals surface area contributed by atoms with Crippen molar-refractivity contribution in [1.29, 1.82) is 0 Å². The lowest BCUT2D eigenvalue weighted by atomic mass is 10.1. The number of hydrogen-bond donors (Lipinski definition) is 9. The molecule has 0 aliphatic rings. The second-order valence-electron chi connectivity index (χ2n) is 17.9. The lowest BCUT2D eigenvalue weighted by molar-refractivity contribution is 0.430. The van der Waals surface area contributed by atoms with Crippen LogP contribution < -0.4 is 20.1 Å². The fourth-order valence-electron chi connectivity index (χ4n) is 8.30. The fourth-order valence-corrected chi connectivity index (χ4v) is 13.2. The molecule has 1 heterocycles. The smallest absolute Gasteiger partial charge is 0.320 e. The van der Waals surface area contributed by atoms with Crippen LogP contribution >= 0.6 is 0 Å². The van der Waals surface area contributed by atoms with Crippen LogP contribution in [0.1, 0.15) is 18.1 Å². The largest absolute Gasteiger partial charge is 0.479 e. The molecule has 9 aromatic rings. The zero-order valence-electron chi connectivity index (χ0n) is 42.8. The molecule has 0 atom stereocenters. The van der Waals surface area contributed by atoms with Crippen LogP contribution in [-0.2, 0) is 66.9 Å². The van der Waals surface area contributed by atoms with Gasteiger partial charge >= 0.3 is 6.01 Å². The van der Waals surface area contributed by atoms with Crippen molar-refractivity contribution in [2.45, 2.75) is 49.6 Å². The van der Waals surface area contributed by atoms with Gasteiger partial charge in [0.05, 0.1) is 43.9 Å². The molecular weight excluding hydrogens is 1220 g/mol. The number of fused-ring (bicyclic) bond motifs is 2. The third-order valence-corrected chi connectivity index (χ3v) is 18.5. The minimum atomic E-state index is -5.02. The van der Waals surface area contributed by atoms with Crippen LogP contribution in [0.2, 0.25) is 0 Å². The van der Waals surface area contributed by atoms with Crippen molar-refractivity contribution < 1.29 is 73.8 Å². The average Bonchev–Trinajstić information content (AvgIpc) is 1.34. The van der Waals surface area contributed by atoms with E-state index in [4.69, 9.17) is 0 Å². The molecule has 84 heavy (non-hydrogen) atoms. The van der Waals surface area contributed by atoms with Crippen molar-refractivity contribution >= 4 is 139 Å². The van der Waals surface area contributed by atoms with Crippen LogP contribution in [0.5, 0.6) is 6.01 Å². The maximum Gasteiger partial charge on any atom is 0.320 e. The molecule has 0 bridgehead atoms. The van der Waals surface area contributed by atoms with E-state index in [9.17, 15) is 73.8 Å². The third-order valence-electron chi connectivity index (χ3n) is 12.1. The first-order valence-electron chi connectivity index (χ1n) is 23.7. The topological polar surface area (TPSA) is 442 Å². The van der Waals surface area contributed by atoms with Gasteiger partial charge in [0.25, 0.3) is 60.5 Å². The van der Waals surface area contributed by atoms with Gasteiger partial charge in [-0.05, 0) is 146 Å². The maximum absolute atomic E-state index is 13.4. The second kappa shape index (κ2) is 22.6. The molecule has 0 amide bonds. The number of nitrogens with one attached hydrogen (secondary N) is 4. The van der Waals surface area contributed by atoms with E-state index in [-0.39, 0.29) is 54.6 Å². The Morgan fingerprint density at radius 1 is 0.417 bits per heavy atom. The molecule has 0 radical (unpaired) electrons.